The Morgan fingerprint density at radius 3 is 2.40 bits per heavy atom. The monoisotopic (exact) mass is 497 g/mol. The molecule has 3 amide bonds. The van der Waals surface area contributed by atoms with Crippen LogP contribution in [0.25, 0.3) is 0 Å². The molecule has 2 aliphatic heterocycles. The molecule has 2 aliphatic rings. The zero-order valence-corrected chi connectivity index (χ0v) is 21.1. The van der Waals surface area contributed by atoms with E-state index in [4.69, 9.17) is 11.6 Å². The zero-order valence-electron chi connectivity index (χ0n) is 20.3. The van der Waals surface area contributed by atoms with Gasteiger partial charge in [0.1, 0.15) is 0 Å². The highest BCUT2D eigenvalue weighted by Crippen LogP contribution is 2.43. The molecule has 0 spiro atoms. The van der Waals surface area contributed by atoms with E-state index in [0.29, 0.717) is 36.8 Å². The molecule has 0 aliphatic carbocycles. The number of hydrogen-bond donors (Lipinski definition) is 0. The number of rotatable bonds is 8. The molecule has 1 aromatic heterocycles. The second-order valence-electron chi connectivity index (χ2n) is 9.58. The summed E-state index contributed by atoms with van der Waals surface area (Å²) >= 11 is 6.52. The molecule has 0 bridgehead atoms. The number of pyridine rings is 1. The average molecular weight is 498 g/mol. The van der Waals surface area contributed by atoms with Gasteiger partial charge in [-0.3, -0.25) is 29.2 Å². The van der Waals surface area contributed by atoms with Gasteiger partial charge in [-0.2, -0.15) is 0 Å². The van der Waals surface area contributed by atoms with Crippen LogP contribution in [0.5, 0.6) is 0 Å². The summed E-state index contributed by atoms with van der Waals surface area (Å²) in [5.74, 6) is -0.710. The van der Waals surface area contributed by atoms with Crippen molar-refractivity contribution in [3.63, 3.8) is 0 Å². The Morgan fingerprint density at radius 1 is 1.06 bits per heavy atom. The van der Waals surface area contributed by atoms with Crippen LogP contribution in [0.2, 0.25) is 5.02 Å². The van der Waals surface area contributed by atoms with Gasteiger partial charge < -0.3 is 9.80 Å². The molecule has 186 valence electrons. The number of benzene rings is 1. The Kier molecular flexibility index (Phi) is 7.84. The van der Waals surface area contributed by atoms with Gasteiger partial charge in [0.25, 0.3) is 0 Å². The number of nitrogens with zero attached hydrogens (tertiary/aromatic N) is 5. The lowest BCUT2D eigenvalue weighted by atomic mass is 9.75. The van der Waals surface area contributed by atoms with E-state index in [1.807, 2.05) is 36.0 Å². The summed E-state index contributed by atoms with van der Waals surface area (Å²) in [7, 11) is 3.79. The maximum atomic E-state index is 13.7. The third-order valence-corrected chi connectivity index (χ3v) is 7.23. The number of piperazine rings is 1. The Morgan fingerprint density at radius 2 is 1.74 bits per heavy atom. The van der Waals surface area contributed by atoms with E-state index in [1.54, 1.807) is 36.7 Å². The fourth-order valence-corrected chi connectivity index (χ4v) is 5.21. The van der Waals surface area contributed by atoms with Crippen LogP contribution >= 0.6 is 11.6 Å². The molecule has 35 heavy (non-hydrogen) atoms. The van der Waals surface area contributed by atoms with Crippen molar-refractivity contribution in [3.05, 3.63) is 64.9 Å². The molecule has 1 atom stereocenters. The number of likely N-dealkylation sites (N-methyl/N-ethyl adjacent to an activating group) is 1. The average Bonchev–Trinajstić information content (AvgIpc) is 3.08. The Bertz CT molecular complexity index is 1070. The van der Waals surface area contributed by atoms with Crippen LogP contribution in [0.4, 0.5) is 0 Å². The van der Waals surface area contributed by atoms with Crippen LogP contribution in [0.3, 0.4) is 0 Å². The Balaban J connectivity index is 1.49. The van der Waals surface area contributed by atoms with Gasteiger partial charge in [-0.15, -0.1) is 0 Å². The first-order valence-electron chi connectivity index (χ1n) is 11.9. The van der Waals surface area contributed by atoms with E-state index in [0.717, 1.165) is 19.6 Å². The highest BCUT2D eigenvalue weighted by molar-refractivity contribution is 6.32. The molecule has 2 fully saturated rings. The lowest BCUT2D eigenvalue weighted by Crippen LogP contribution is -2.50. The number of likely N-dealkylation sites (tertiary alicyclic amines) is 1. The molecular weight excluding hydrogens is 466 g/mol. The van der Waals surface area contributed by atoms with E-state index < -0.39 is 5.41 Å². The first-order chi connectivity index (χ1) is 16.8. The Hall–Kier alpha value is -2.81. The minimum Gasteiger partial charge on any atom is -0.340 e. The van der Waals surface area contributed by atoms with Crippen LogP contribution in [0.1, 0.15) is 24.0 Å². The molecule has 0 radical (unpaired) electrons. The molecule has 0 saturated carbocycles. The van der Waals surface area contributed by atoms with E-state index in [2.05, 4.69) is 9.88 Å². The lowest BCUT2D eigenvalue weighted by molar-refractivity contribution is -0.143. The molecule has 3 heterocycles. The third-order valence-electron chi connectivity index (χ3n) is 6.90. The minimum absolute atomic E-state index is 0.0449. The standard InChI is InChI=1S/C26H32ClN5O3/c1-29(2)11-16-32-24(34)18-26(25(32)35,21-5-3-4-6-22(21)27)17-23(33)31-14-12-30(13-15-31)19-20-7-9-28-10-8-20/h3-10H,11-19H2,1-2H3. The highest BCUT2D eigenvalue weighted by Gasteiger charge is 2.54. The number of carbonyl (C=O) groups is 3. The predicted molar refractivity (Wildman–Crippen MR) is 134 cm³/mol. The van der Waals surface area contributed by atoms with Crippen LogP contribution in [-0.2, 0) is 26.3 Å². The number of aromatic nitrogens is 1. The number of hydrogen-bond acceptors (Lipinski definition) is 6. The van der Waals surface area contributed by atoms with Crippen molar-refractivity contribution >= 4 is 29.3 Å². The number of carbonyl (C=O) groups excluding carboxylic acids is 3. The summed E-state index contributed by atoms with van der Waals surface area (Å²) in [6.07, 6.45) is 3.46. The topological polar surface area (TPSA) is 77.1 Å². The van der Waals surface area contributed by atoms with Crippen molar-refractivity contribution in [2.45, 2.75) is 24.8 Å². The van der Waals surface area contributed by atoms with Crippen LogP contribution in [0, 0.1) is 0 Å². The number of amides is 3. The molecule has 9 heteroatoms. The first-order valence-corrected chi connectivity index (χ1v) is 12.3. The zero-order chi connectivity index (χ0) is 25.0. The number of halogens is 1. The van der Waals surface area contributed by atoms with Crippen LogP contribution in [0.15, 0.2) is 48.8 Å². The molecule has 1 aromatic carbocycles. The Labute approximate surface area is 211 Å². The fourth-order valence-electron chi connectivity index (χ4n) is 4.89. The minimum atomic E-state index is -1.27. The van der Waals surface area contributed by atoms with Crippen molar-refractivity contribution in [1.82, 2.24) is 24.6 Å². The predicted octanol–water partition coefficient (Wildman–Crippen LogP) is 2.03. The van der Waals surface area contributed by atoms with Gasteiger partial charge in [-0.25, -0.2) is 0 Å². The third kappa shape index (κ3) is 5.55. The summed E-state index contributed by atoms with van der Waals surface area (Å²) in [6, 6.07) is 11.1. The van der Waals surface area contributed by atoms with Crippen molar-refractivity contribution < 1.29 is 14.4 Å². The first kappa shape index (κ1) is 25.3. The van der Waals surface area contributed by atoms with Crippen molar-refractivity contribution in [2.75, 3.05) is 53.4 Å². The lowest BCUT2D eigenvalue weighted by Gasteiger charge is -2.37. The molecule has 2 saturated heterocycles. The van der Waals surface area contributed by atoms with E-state index in [1.165, 1.54) is 10.5 Å². The van der Waals surface area contributed by atoms with Gasteiger partial charge in [0, 0.05) is 76.1 Å². The van der Waals surface area contributed by atoms with Gasteiger partial charge in [0.15, 0.2) is 0 Å². The molecular formula is C26H32ClN5O3. The molecule has 4 rings (SSSR count). The van der Waals surface area contributed by atoms with Gasteiger partial charge >= 0.3 is 0 Å². The van der Waals surface area contributed by atoms with Crippen molar-refractivity contribution in [2.24, 2.45) is 0 Å². The summed E-state index contributed by atoms with van der Waals surface area (Å²) in [5.41, 5.74) is 0.467. The molecule has 1 unspecified atom stereocenters. The van der Waals surface area contributed by atoms with Crippen LogP contribution in [-0.4, -0.2) is 95.7 Å². The van der Waals surface area contributed by atoms with Gasteiger partial charge in [0.2, 0.25) is 17.7 Å². The van der Waals surface area contributed by atoms with Gasteiger partial charge in [-0.1, -0.05) is 29.8 Å². The normalized spacial score (nSPS) is 21.3. The largest absolute Gasteiger partial charge is 0.340 e. The summed E-state index contributed by atoms with van der Waals surface area (Å²) in [6.45, 7) is 4.30. The SMILES string of the molecule is CN(C)CCN1C(=O)CC(CC(=O)N2CCN(Cc3ccncc3)CC2)(c2ccccc2Cl)C1=O. The van der Waals surface area contributed by atoms with Gasteiger partial charge in [-0.05, 0) is 43.4 Å². The second-order valence-corrected chi connectivity index (χ2v) is 9.99. The van der Waals surface area contributed by atoms with Crippen LogP contribution < -0.4 is 0 Å². The second kappa shape index (κ2) is 10.8. The smallest absolute Gasteiger partial charge is 0.240 e. The molecule has 2 aromatic rings. The van der Waals surface area contributed by atoms with Crippen molar-refractivity contribution in [3.8, 4) is 0 Å². The fraction of sp³-hybridized carbons (Fsp3) is 0.462. The summed E-state index contributed by atoms with van der Waals surface area (Å²) in [4.78, 5) is 51.6. The van der Waals surface area contributed by atoms with E-state index >= 15 is 0 Å². The van der Waals surface area contributed by atoms with E-state index in [-0.39, 0.29) is 30.6 Å². The molecule has 8 nitrogen and oxygen atoms in total. The number of imide groups is 1. The maximum Gasteiger partial charge on any atom is 0.240 e. The van der Waals surface area contributed by atoms with E-state index in [9.17, 15) is 14.4 Å². The molecule has 0 N–H and O–H groups in total. The summed E-state index contributed by atoms with van der Waals surface area (Å²) in [5, 5.41) is 0.401. The summed E-state index contributed by atoms with van der Waals surface area (Å²) < 4.78 is 0. The van der Waals surface area contributed by atoms with Gasteiger partial charge in [0.05, 0.1) is 5.41 Å². The maximum absolute atomic E-state index is 13.7. The highest BCUT2D eigenvalue weighted by atomic mass is 35.5. The van der Waals surface area contributed by atoms with Crippen molar-refractivity contribution in [1.29, 1.82) is 0 Å². The quantitative estimate of drug-likeness (QED) is 0.519.